The van der Waals surface area contributed by atoms with E-state index in [-0.39, 0.29) is 16.3 Å². The van der Waals surface area contributed by atoms with Crippen molar-refractivity contribution in [3.8, 4) is 17.2 Å². The summed E-state index contributed by atoms with van der Waals surface area (Å²) >= 11 is 0. The molecule has 174 valence electrons. The lowest BCUT2D eigenvalue weighted by atomic mass is 10.2. The number of carbonyl (C=O) groups excluding carboxylic acids is 1. The summed E-state index contributed by atoms with van der Waals surface area (Å²) in [5.41, 5.74) is 0.489. The Hall–Kier alpha value is -3.79. The molecule has 0 saturated heterocycles. The first-order valence-corrected chi connectivity index (χ1v) is 11.2. The van der Waals surface area contributed by atoms with Gasteiger partial charge in [-0.3, -0.25) is 9.10 Å². The van der Waals surface area contributed by atoms with Crippen LogP contribution in [0.15, 0.2) is 71.6 Å². The number of sulfonamides is 1. The van der Waals surface area contributed by atoms with Crippen molar-refractivity contribution in [3.05, 3.63) is 72.5 Å². The number of rotatable bonds is 9. The number of anilines is 2. The molecule has 3 rings (SSSR count). The Morgan fingerprint density at radius 1 is 0.909 bits per heavy atom. The van der Waals surface area contributed by atoms with E-state index in [1.807, 2.05) is 0 Å². The van der Waals surface area contributed by atoms with Gasteiger partial charge in [0.1, 0.15) is 29.6 Å². The quantitative estimate of drug-likeness (QED) is 0.509. The van der Waals surface area contributed by atoms with Crippen molar-refractivity contribution in [2.45, 2.75) is 4.90 Å². The van der Waals surface area contributed by atoms with E-state index in [4.69, 9.17) is 14.2 Å². The lowest BCUT2D eigenvalue weighted by Crippen LogP contribution is -2.38. The van der Waals surface area contributed by atoms with Crippen molar-refractivity contribution < 1.29 is 31.8 Å². The van der Waals surface area contributed by atoms with Crippen LogP contribution in [-0.2, 0) is 14.8 Å². The predicted octanol–water partition coefficient (Wildman–Crippen LogP) is 3.69. The third kappa shape index (κ3) is 5.35. The molecule has 0 unspecified atom stereocenters. The molecule has 0 aromatic heterocycles. The van der Waals surface area contributed by atoms with Gasteiger partial charge >= 0.3 is 0 Å². The number of para-hydroxylation sites is 2. The highest BCUT2D eigenvalue weighted by Crippen LogP contribution is 2.33. The highest BCUT2D eigenvalue weighted by Gasteiger charge is 2.29. The topological polar surface area (TPSA) is 94.2 Å². The summed E-state index contributed by atoms with van der Waals surface area (Å²) in [4.78, 5) is 12.8. The van der Waals surface area contributed by atoms with Gasteiger partial charge in [0.25, 0.3) is 10.0 Å². The van der Waals surface area contributed by atoms with Gasteiger partial charge in [-0.2, -0.15) is 0 Å². The molecule has 1 amide bonds. The monoisotopic (exact) mass is 474 g/mol. The minimum absolute atomic E-state index is 0.154. The molecular weight excluding hydrogens is 451 g/mol. The number of halogens is 1. The molecule has 10 heteroatoms. The number of ether oxygens (including phenoxy) is 3. The Morgan fingerprint density at radius 2 is 1.58 bits per heavy atom. The van der Waals surface area contributed by atoms with Gasteiger partial charge in [-0.1, -0.05) is 12.1 Å². The molecule has 0 heterocycles. The molecular formula is C23H23FN2O6S. The van der Waals surface area contributed by atoms with Crippen LogP contribution in [0, 0.1) is 5.82 Å². The molecule has 0 radical (unpaired) electrons. The van der Waals surface area contributed by atoms with Gasteiger partial charge in [0, 0.05) is 6.07 Å². The Labute approximate surface area is 191 Å². The van der Waals surface area contributed by atoms with E-state index in [0.29, 0.717) is 17.2 Å². The first-order chi connectivity index (χ1) is 15.8. The maximum Gasteiger partial charge on any atom is 0.264 e. The smallest absolute Gasteiger partial charge is 0.264 e. The minimum Gasteiger partial charge on any atom is -0.497 e. The molecule has 0 atom stereocenters. The number of amides is 1. The molecule has 0 saturated carbocycles. The molecule has 8 nitrogen and oxygen atoms in total. The van der Waals surface area contributed by atoms with Gasteiger partial charge in [0.2, 0.25) is 5.91 Å². The van der Waals surface area contributed by atoms with E-state index in [9.17, 15) is 17.6 Å². The van der Waals surface area contributed by atoms with Crippen molar-refractivity contribution >= 4 is 27.3 Å². The fraction of sp³-hybridized carbons (Fsp3) is 0.174. The van der Waals surface area contributed by atoms with Crippen LogP contribution in [0.2, 0.25) is 0 Å². The maximum absolute atomic E-state index is 13.4. The van der Waals surface area contributed by atoms with Crippen molar-refractivity contribution in [3.63, 3.8) is 0 Å². The predicted molar refractivity (Wildman–Crippen MR) is 122 cm³/mol. The van der Waals surface area contributed by atoms with Crippen LogP contribution in [-0.4, -0.2) is 42.2 Å². The molecule has 0 aliphatic carbocycles. The molecule has 0 bridgehead atoms. The number of hydrogen-bond acceptors (Lipinski definition) is 6. The zero-order valence-corrected chi connectivity index (χ0v) is 19.1. The van der Waals surface area contributed by atoms with E-state index in [0.717, 1.165) is 28.6 Å². The van der Waals surface area contributed by atoms with E-state index in [1.165, 1.54) is 27.4 Å². The van der Waals surface area contributed by atoms with Gasteiger partial charge in [-0.05, 0) is 48.5 Å². The summed E-state index contributed by atoms with van der Waals surface area (Å²) < 4.78 is 56.9. The Bertz CT molecular complexity index is 1230. The molecule has 0 fully saturated rings. The Balaban J connectivity index is 1.98. The first kappa shape index (κ1) is 23.9. The van der Waals surface area contributed by atoms with Crippen molar-refractivity contribution in [2.24, 2.45) is 0 Å². The number of nitrogens with one attached hydrogen (secondary N) is 1. The molecule has 0 aliphatic heterocycles. The number of hydrogen-bond donors (Lipinski definition) is 1. The third-order valence-corrected chi connectivity index (χ3v) is 6.50. The number of methoxy groups -OCH3 is 3. The standard InChI is InChI=1S/C23H23FN2O6S/c1-30-17-10-13-19(22(14-17)32-3)25-23(27)15-26(20-6-4-5-7-21(20)31-2)33(28,29)18-11-8-16(24)9-12-18/h4-14H,15H2,1-3H3,(H,25,27). The van der Waals surface area contributed by atoms with Crippen molar-refractivity contribution in [1.29, 1.82) is 0 Å². The number of benzene rings is 3. The van der Waals surface area contributed by atoms with E-state index < -0.39 is 28.3 Å². The Kier molecular flexibility index (Phi) is 7.39. The zero-order valence-electron chi connectivity index (χ0n) is 18.2. The lowest BCUT2D eigenvalue weighted by Gasteiger charge is -2.25. The minimum atomic E-state index is -4.24. The SMILES string of the molecule is COc1ccc(NC(=O)CN(c2ccccc2OC)S(=O)(=O)c2ccc(F)cc2)c(OC)c1. The second kappa shape index (κ2) is 10.2. The Morgan fingerprint density at radius 3 is 2.21 bits per heavy atom. The summed E-state index contributed by atoms with van der Waals surface area (Å²) in [6.45, 7) is -0.574. The average Bonchev–Trinajstić information content (AvgIpc) is 2.83. The highest BCUT2D eigenvalue weighted by molar-refractivity contribution is 7.92. The number of nitrogens with zero attached hydrogens (tertiary/aromatic N) is 1. The fourth-order valence-corrected chi connectivity index (χ4v) is 4.52. The second-order valence-corrected chi connectivity index (χ2v) is 8.61. The average molecular weight is 475 g/mol. The van der Waals surface area contributed by atoms with Crippen molar-refractivity contribution in [2.75, 3.05) is 37.5 Å². The summed E-state index contributed by atoms with van der Waals surface area (Å²) in [5, 5.41) is 2.66. The molecule has 1 N–H and O–H groups in total. The van der Waals surface area contributed by atoms with Crippen molar-refractivity contribution in [1.82, 2.24) is 0 Å². The fourth-order valence-electron chi connectivity index (χ4n) is 3.09. The summed E-state index contributed by atoms with van der Waals surface area (Å²) in [7, 11) is 0.0836. The van der Waals surface area contributed by atoms with E-state index in [1.54, 1.807) is 36.4 Å². The zero-order chi connectivity index (χ0) is 24.0. The maximum atomic E-state index is 13.4. The third-order valence-electron chi connectivity index (χ3n) is 4.73. The van der Waals surface area contributed by atoms with Crippen LogP contribution in [0.1, 0.15) is 0 Å². The van der Waals surface area contributed by atoms with Crippen LogP contribution in [0.4, 0.5) is 15.8 Å². The summed E-state index contributed by atoms with van der Waals surface area (Å²) in [6, 6.07) is 15.5. The molecule has 0 spiro atoms. The van der Waals surface area contributed by atoms with Crippen LogP contribution in [0.3, 0.4) is 0 Å². The summed E-state index contributed by atoms with van der Waals surface area (Å²) in [6.07, 6.45) is 0. The highest BCUT2D eigenvalue weighted by atomic mass is 32.2. The summed E-state index contributed by atoms with van der Waals surface area (Å²) in [5.74, 6) is -0.0949. The van der Waals surface area contributed by atoms with Gasteiger partial charge in [-0.15, -0.1) is 0 Å². The van der Waals surface area contributed by atoms with Crippen LogP contribution in [0.25, 0.3) is 0 Å². The second-order valence-electron chi connectivity index (χ2n) is 6.75. The van der Waals surface area contributed by atoms with E-state index >= 15 is 0 Å². The molecule has 3 aromatic carbocycles. The van der Waals surface area contributed by atoms with E-state index in [2.05, 4.69) is 5.32 Å². The lowest BCUT2D eigenvalue weighted by molar-refractivity contribution is -0.114. The molecule has 33 heavy (non-hydrogen) atoms. The molecule has 3 aromatic rings. The van der Waals surface area contributed by atoms with Gasteiger partial charge in [-0.25, -0.2) is 12.8 Å². The largest absolute Gasteiger partial charge is 0.497 e. The number of carbonyl (C=O) groups is 1. The van der Waals surface area contributed by atoms with Gasteiger partial charge < -0.3 is 19.5 Å². The van der Waals surface area contributed by atoms with Crippen LogP contribution in [0.5, 0.6) is 17.2 Å². The van der Waals surface area contributed by atoms with Crippen LogP contribution < -0.4 is 23.8 Å². The van der Waals surface area contributed by atoms with Crippen LogP contribution >= 0.6 is 0 Å². The van der Waals surface area contributed by atoms with Gasteiger partial charge in [0.15, 0.2) is 0 Å². The normalized spacial score (nSPS) is 10.9. The van der Waals surface area contributed by atoms with Gasteiger partial charge in [0.05, 0.1) is 37.6 Å². The first-order valence-electron chi connectivity index (χ1n) is 9.73. The molecule has 0 aliphatic rings.